The molecule has 0 atom stereocenters. The molecule has 0 heterocycles. The van der Waals surface area contributed by atoms with Crippen LogP contribution in [0.2, 0.25) is 0 Å². The zero-order chi connectivity index (χ0) is 16.9. The van der Waals surface area contributed by atoms with E-state index < -0.39 is 0 Å². The third-order valence-electron chi connectivity index (χ3n) is 3.64. The minimum absolute atomic E-state index is 0.295. The fourth-order valence-corrected chi connectivity index (χ4v) is 2.66. The number of nitrogens with one attached hydrogen (secondary N) is 2. The molecule has 0 aliphatic carbocycles. The van der Waals surface area contributed by atoms with Crippen molar-refractivity contribution in [1.82, 2.24) is 5.32 Å². The normalized spacial score (nSPS) is 11.0. The Morgan fingerprint density at radius 1 is 1.18 bits per heavy atom. The highest BCUT2D eigenvalue weighted by Crippen LogP contribution is 2.18. The predicted octanol–water partition coefficient (Wildman–Crippen LogP) is 3.75. The molecule has 1 rings (SSSR count). The molecule has 22 heavy (non-hydrogen) atoms. The lowest BCUT2D eigenvalue weighted by atomic mass is 9.93. The van der Waals surface area contributed by atoms with Crippen molar-refractivity contribution in [1.29, 1.82) is 0 Å². The number of hydrogen-bond acceptors (Lipinski definition) is 3. The van der Waals surface area contributed by atoms with Crippen LogP contribution in [-0.2, 0) is 4.74 Å². The largest absolute Gasteiger partial charge is 0.465 e. The number of benzene rings is 1. The Labute approximate surface area is 138 Å². The van der Waals surface area contributed by atoms with E-state index in [2.05, 4.69) is 38.3 Å². The highest BCUT2D eigenvalue weighted by molar-refractivity contribution is 7.80. The number of methoxy groups -OCH3 is 1. The number of hydrogen-bond donors (Lipinski definition) is 2. The first-order chi connectivity index (χ1) is 10.3. The van der Waals surface area contributed by atoms with Crippen molar-refractivity contribution < 1.29 is 9.53 Å². The predicted molar refractivity (Wildman–Crippen MR) is 95.3 cm³/mol. The Balaban J connectivity index is 2.85. The third kappa shape index (κ3) is 4.98. The Kier molecular flexibility index (Phi) is 6.81. The van der Waals surface area contributed by atoms with Crippen molar-refractivity contribution in [3.05, 3.63) is 29.3 Å². The van der Waals surface area contributed by atoms with Gasteiger partial charge >= 0.3 is 5.97 Å². The Morgan fingerprint density at radius 2 is 1.77 bits per heavy atom. The van der Waals surface area contributed by atoms with Gasteiger partial charge in [-0.3, -0.25) is 0 Å². The SMILES string of the molecule is COC(=O)c1ccc(C)c(NC(=S)NC(C(C)C)C(C)C)c1. The summed E-state index contributed by atoms with van der Waals surface area (Å²) in [4.78, 5) is 11.6. The molecule has 0 fully saturated rings. The number of aryl methyl sites for hydroxylation is 1. The van der Waals surface area contributed by atoms with Crippen LogP contribution in [0.4, 0.5) is 5.69 Å². The molecule has 0 saturated heterocycles. The lowest BCUT2D eigenvalue weighted by Crippen LogP contribution is -2.44. The van der Waals surface area contributed by atoms with Crippen LogP contribution >= 0.6 is 12.2 Å². The second-order valence-corrected chi connectivity index (χ2v) is 6.54. The van der Waals surface area contributed by atoms with Gasteiger partial charge in [0.2, 0.25) is 0 Å². The molecule has 1 aromatic carbocycles. The molecular weight excluding hydrogens is 296 g/mol. The van der Waals surface area contributed by atoms with Crippen LogP contribution < -0.4 is 10.6 Å². The maximum absolute atomic E-state index is 11.6. The van der Waals surface area contributed by atoms with Crippen LogP contribution in [0.3, 0.4) is 0 Å². The molecule has 0 spiro atoms. The van der Waals surface area contributed by atoms with Crippen LogP contribution in [0, 0.1) is 18.8 Å². The van der Waals surface area contributed by atoms with Gasteiger partial charge in [0.15, 0.2) is 5.11 Å². The lowest BCUT2D eigenvalue weighted by Gasteiger charge is -2.27. The molecule has 0 unspecified atom stereocenters. The summed E-state index contributed by atoms with van der Waals surface area (Å²) in [7, 11) is 1.37. The van der Waals surface area contributed by atoms with E-state index in [0.29, 0.717) is 28.6 Å². The number of anilines is 1. The number of carbonyl (C=O) groups is 1. The minimum atomic E-state index is -0.357. The lowest BCUT2D eigenvalue weighted by molar-refractivity contribution is 0.0601. The number of ether oxygens (including phenoxy) is 1. The van der Waals surface area contributed by atoms with Crippen molar-refractivity contribution >= 4 is 29.0 Å². The number of carbonyl (C=O) groups excluding carboxylic acids is 1. The Hall–Kier alpha value is -1.62. The summed E-state index contributed by atoms with van der Waals surface area (Å²) in [5.74, 6) is 0.591. The van der Waals surface area contributed by atoms with Gasteiger partial charge in [0.1, 0.15) is 0 Å². The van der Waals surface area contributed by atoms with E-state index >= 15 is 0 Å². The van der Waals surface area contributed by atoms with Gasteiger partial charge in [-0.05, 0) is 48.7 Å². The third-order valence-corrected chi connectivity index (χ3v) is 3.86. The highest BCUT2D eigenvalue weighted by atomic mass is 32.1. The van der Waals surface area contributed by atoms with Gasteiger partial charge in [0.25, 0.3) is 0 Å². The topological polar surface area (TPSA) is 50.4 Å². The van der Waals surface area contributed by atoms with E-state index in [9.17, 15) is 4.79 Å². The zero-order valence-corrected chi connectivity index (χ0v) is 15.0. The van der Waals surface area contributed by atoms with Crippen molar-refractivity contribution in [2.24, 2.45) is 11.8 Å². The average molecular weight is 322 g/mol. The van der Waals surface area contributed by atoms with E-state index in [1.807, 2.05) is 13.0 Å². The van der Waals surface area contributed by atoms with Gasteiger partial charge in [0, 0.05) is 11.7 Å². The van der Waals surface area contributed by atoms with Gasteiger partial charge in [-0.15, -0.1) is 0 Å². The molecule has 0 aliphatic heterocycles. The summed E-state index contributed by atoms with van der Waals surface area (Å²) in [6, 6.07) is 5.67. The molecule has 0 bridgehead atoms. The summed E-state index contributed by atoms with van der Waals surface area (Å²) in [6.07, 6.45) is 0. The summed E-state index contributed by atoms with van der Waals surface area (Å²) in [6.45, 7) is 10.6. The van der Waals surface area contributed by atoms with E-state index in [1.54, 1.807) is 12.1 Å². The van der Waals surface area contributed by atoms with Crippen LogP contribution in [0.5, 0.6) is 0 Å². The molecule has 2 N–H and O–H groups in total. The van der Waals surface area contributed by atoms with Crippen LogP contribution in [0.1, 0.15) is 43.6 Å². The first kappa shape index (κ1) is 18.4. The van der Waals surface area contributed by atoms with Crippen molar-refractivity contribution in [2.75, 3.05) is 12.4 Å². The van der Waals surface area contributed by atoms with Gasteiger partial charge in [-0.2, -0.15) is 0 Å². The average Bonchev–Trinajstić information content (AvgIpc) is 2.45. The van der Waals surface area contributed by atoms with Crippen molar-refractivity contribution in [3.8, 4) is 0 Å². The first-order valence-electron chi connectivity index (χ1n) is 7.52. The zero-order valence-electron chi connectivity index (χ0n) is 14.2. The quantitative estimate of drug-likeness (QED) is 0.639. The molecule has 5 heteroatoms. The summed E-state index contributed by atoms with van der Waals surface area (Å²) >= 11 is 5.41. The molecule has 1 aromatic rings. The van der Waals surface area contributed by atoms with E-state index in [1.165, 1.54) is 7.11 Å². The molecular formula is C17H26N2O2S. The van der Waals surface area contributed by atoms with Crippen LogP contribution in [-0.4, -0.2) is 24.2 Å². The molecule has 0 saturated carbocycles. The summed E-state index contributed by atoms with van der Waals surface area (Å²) in [5.41, 5.74) is 2.33. The Morgan fingerprint density at radius 3 is 2.27 bits per heavy atom. The second kappa shape index (κ2) is 8.13. The smallest absolute Gasteiger partial charge is 0.337 e. The standard InChI is InChI=1S/C17H26N2O2S/c1-10(2)15(11(3)4)19-17(22)18-14-9-13(16(20)21-6)8-7-12(14)5/h7-11,15H,1-6H3,(H2,18,19,22). The summed E-state index contributed by atoms with van der Waals surface area (Å²) in [5, 5.41) is 7.11. The van der Waals surface area contributed by atoms with E-state index in [-0.39, 0.29) is 5.97 Å². The van der Waals surface area contributed by atoms with Crippen molar-refractivity contribution in [3.63, 3.8) is 0 Å². The van der Waals surface area contributed by atoms with Crippen LogP contribution in [0.15, 0.2) is 18.2 Å². The minimum Gasteiger partial charge on any atom is -0.465 e. The van der Waals surface area contributed by atoms with Crippen molar-refractivity contribution in [2.45, 2.75) is 40.7 Å². The Bertz CT molecular complexity index is 533. The van der Waals surface area contributed by atoms with E-state index in [4.69, 9.17) is 17.0 Å². The van der Waals surface area contributed by atoms with Gasteiger partial charge in [0.05, 0.1) is 12.7 Å². The van der Waals surface area contributed by atoms with E-state index in [0.717, 1.165) is 11.3 Å². The first-order valence-corrected chi connectivity index (χ1v) is 7.93. The molecule has 4 nitrogen and oxygen atoms in total. The summed E-state index contributed by atoms with van der Waals surface area (Å²) < 4.78 is 4.75. The molecule has 0 amide bonds. The molecule has 0 aromatic heterocycles. The maximum Gasteiger partial charge on any atom is 0.337 e. The number of thiocarbonyl (C=S) groups is 1. The monoisotopic (exact) mass is 322 g/mol. The van der Waals surface area contributed by atoms with Gasteiger partial charge in [-0.25, -0.2) is 4.79 Å². The number of esters is 1. The number of rotatable bonds is 5. The highest BCUT2D eigenvalue weighted by Gasteiger charge is 2.18. The fourth-order valence-electron chi connectivity index (χ4n) is 2.41. The second-order valence-electron chi connectivity index (χ2n) is 6.13. The molecule has 0 radical (unpaired) electrons. The maximum atomic E-state index is 11.6. The molecule has 122 valence electrons. The van der Waals surface area contributed by atoms with Crippen LogP contribution in [0.25, 0.3) is 0 Å². The van der Waals surface area contributed by atoms with Gasteiger partial charge in [-0.1, -0.05) is 33.8 Å². The molecule has 0 aliphatic rings. The fraction of sp³-hybridized carbons (Fsp3) is 0.529. The van der Waals surface area contributed by atoms with Gasteiger partial charge < -0.3 is 15.4 Å².